The van der Waals surface area contributed by atoms with E-state index < -0.39 is 5.60 Å². The lowest BCUT2D eigenvalue weighted by Crippen LogP contribution is -2.38. The summed E-state index contributed by atoms with van der Waals surface area (Å²) in [5.41, 5.74) is -0.594. The second-order valence-electron chi connectivity index (χ2n) is 5.72. The quantitative estimate of drug-likeness (QED) is 0.464. The van der Waals surface area contributed by atoms with E-state index in [-0.39, 0.29) is 17.7 Å². The summed E-state index contributed by atoms with van der Waals surface area (Å²) in [6, 6.07) is 0. The number of carbonyl (C=O) groups excluding carboxylic acids is 1. The van der Waals surface area contributed by atoms with Crippen molar-refractivity contribution in [3.8, 4) is 0 Å². The SMILES string of the molecule is C=CC(=O)OC(C)(CC)CC(C)OC(C)(CC)CC. The van der Waals surface area contributed by atoms with Gasteiger partial charge in [0, 0.05) is 12.5 Å². The summed E-state index contributed by atoms with van der Waals surface area (Å²) in [6.07, 6.45) is 4.66. The fourth-order valence-corrected chi connectivity index (χ4v) is 2.09. The standard InChI is InChI=1S/C16H30O3/c1-8-14(17)19-16(7,11-4)12-13(5)18-15(6,9-2)10-3/h8,13H,1,9-12H2,2-7H3. The Morgan fingerprint density at radius 1 is 1.16 bits per heavy atom. The number of ether oxygens (including phenoxy) is 2. The van der Waals surface area contributed by atoms with Crippen LogP contribution in [-0.4, -0.2) is 23.3 Å². The van der Waals surface area contributed by atoms with Crippen LogP contribution in [0.5, 0.6) is 0 Å². The molecule has 0 fully saturated rings. The van der Waals surface area contributed by atoms with Gasteiger partial charge in [-0.1, -0.05) is 27.4 Å². The Hall–Kier alpha value is -0.830. The summed E-state index contributed by atoms with van der Waals surface area (Å²) < 4.78 is 11.6. The van der Waals surface area contributed by atoms with Gasteiger partial charge in [0.1, 0.15) is 5.60 Å². The number of esters is 1. The highest BCUT2D eigenvalue weighted by atomic mass is 16.6. The van der Waals surface area contributed by atoms with Crippen molar-refractivity contribution in [1.29, 1.82) is 0 Å². The van der Waals surface area contributed by atoms with Crippen molar-refractivity contribution < 1.29 is 14.3 Å². The minimum Gasteiger partial charge on any atom is -0.456 e. The number of rotatable bonds is 9. The molecule has 0 amide bonds. The van der Waals surface area contributed by atoms with E-state index in [1.54, 1.807) is 0 Å². The van der Waals surface area contributed by atoms with Crippen LogP contribution in [0.4, 0.5) is 0 Å². The van der Waals surface area contributed by atoms with Crippen molar-refractivity contribution in [3.63, 3.8) is 0 Å². The molecule has 3 heteroatoms. The zero-order valence-electron chi connectivity index (χ0n) is 13.4. The first kappa shape index (κ1) is 18.2. The third kappa shape index (κ3) is 6.24. The zero-order chi connectivity index (χ0) is 15.1. The van der Waals surface area contributed by atoms with Crippen LogP contribution < -0.4 is 0 Å². The third-order valence-electron chi connectivity index (χ3n) is 3.96. The Morgan fingerprint density at radius 2 is 1.63 bits per heavy atom. The van der Waals surface area contributed by atoms with Crippen LogP contribution in [0.2, 0.25) is 0 Å². The van der Waals surface area contributed by atoms with E-state index in [1.807, 2.05) is 20.8 Å². The van der Waals surface area contributed by atoms with Crippen molar-refractivity contribution in [3.05, 3.63) is 12.7 Å². The summed E-state index contributed by atoms with van der Waals surface area (Å²) >= 11 is 0. The first-order chi connectivity index (χ1) is 8.74. The Kier molecular flexibility index (Phi) is 7.35. The topological polar surface area (TPSA) is 35.5 Å². The molecule has 0 saturated heterocycles. The monoisotopic (exact) mass is 270 g/mol. The Balaban J connectivity index is 4.61. The lowest BCUT2D eigenvalue weighted by atomic mass is 9.94. The second kappa shape index (κ2) is 7.68. The fourth-order valence-electron chi connectivity index (χ4n) is 2.09. The van der Waals surface area contributed by atoms with E-state index in [0.29, 0.717) is 6.42 Å². The lowest BCUT2D eigenvalue weighted by molar-refractivity contribution is -0.160. The van der Waals surface area contributed by atoms with Gasteiger partial charge in [-0.15, -0.1) is 0 Å². The molecule has 0 N–H and O–H groups in total. The average Bonchev–Trinajstić information content (AvgIpc) is 2.37. The largest absolute Gasteiger partial charge is 0.456 e. The smallest absolute Gasteiger partial charge is 0.330 e. The van der Waals surface area contributed by atoms with Crippen LogP contribution in [-0.2, 0) is 14.3 Å². The van der Waals surface area contributed by atoms with Crippen LogP contribution in [0.25, 0.3) is 0 Å². The molecule has 0 aromatic rings. The molecule has 3 nitrogen and oxygen atoms in total. The number of hydrogen-bond donors (Lipinski definition) is 0. The van der Waals surface area contributed by atoms with Crippen molar-refractivity contribution in [2.75, 3.05) is 0 Å². The van der Waals surface area contributed by atoms with Crippen LogP contribution in [0, 0.1) is 0 Å². The van der Waals surface area contributed by atoms with Crippen LogP contribution in [0.3, 0.4) is 0 Å². The highest BCUT2D eigenvalue weighted by Crippen LogP contribution is 2.28. The minimum atomic E-state index is -0.493. The molecule has 0 spiro atoms. The van der Waals surface area contributed by atoms with E-state index >= 15 is 0 Å². The highest BCUT2D eigenvalue weighted by Gasteiger charge is 2.31. The molecule has 0 aliphatic heterocycles. The summed E-state index contributed by atoms with van der Waals surface area (Å²) in [4.78, 5) is 11.4. The van der Waals surface area contributed by atoms with E-state index in [4.69, 9.17) is 9.47 Å². The summed E-state index contributed by atoms with van der Waals surface area (Å²) in [5, 5.41) is 0. The molecular formula is C16H30O3. The van der Waals surface area contributed by atoms with Crippen LogP contribution in [0.15, 0.2) is 12.7 Å². The first-order valence-electron chi connectivity index (χ1n) is 7.27. The van der Waals surface area contributed by atoms with Gasteiger partial charge in [-0.2, -0.15) is 0 Å². The predicted octanol–water partition coefficient (Wildman–Crippen LogP) is 4.26. The maximum Gasteiger partial charge on any atom is 0.330 e. The summed E-state index contributed by atoms with van der Waals surface area (Å²) in [6.45, 7) is 15.8. The molecule has 0 radical (unpaired) electrons. The van der Waals surface area contributed by atoms with E-state index in [1.165, 1.54) is 6.08 Å². The molecule has 2 unspecified atom stereocenters. The van der Waals surface area contributed by atoms with Gasteiger partial charge in [-0.3, -0.25) is 0 Å². The van der Waals surface area contributed by atoms with Gasteiger partial charge in [0.05, 0.1) is 11.7 Å². The third-order valence-corrected chi connectivity index (χ3v) is 3.96. The van der Waals surface area contributed by atoms with Crippen LogP contribution >= 0.6 is 0 Å². The van der Waals surface area contributed by atoms with Crippen molar-refractivity contribution in [2.45, 2.75) is 84.5 Å². The van der Waals surface area contributed by atoms with Gasteiger partial charge in [0.25, 0.3) is 0 Å². The van der Waals surface area contributed by atoms with E-state index in [0.717, 1.165) is 19.3 Å². The predicted molar refractivity (Wildman–Crippen MR) is 79.1 cm³/mol. The maximum atomic E-state index is 11.4. The molecule has 0 aliphatic carbocycles. The van der Waals surface area contributed by atoms with Crippen molar-refractivity contribution >= 4 is 5.97 Å². The lowest BCUT2D eigenvalue weighted by Gasteiger charge is -2.36. The normalized spacial score (nSPS) is 16.5. The minimum absolute atomic E-state index is 0.0486. The average molecular weight is 270 g/mol. The zero-order valence-corrected chi connectivity index (χ0v) is 13.4. The Labute approximate surface area is 118 Å². The molecule has 19 heavy (non-hydrogen) atoms. The summed E-state index contributed by atoms with van der Waals surface area (Å²) in [7, 11) is 0. The maximum absolute atomic E-state index is 11.4. The first-order valence-corrected chi connectivity index (χ1v) is 7.27. The summed E-state index contributed by atoms with van der Waals surface area (Å²) in [5.74, 6) is -0.370. The highest BCUT2D eigenvalue weighted by molar-refractivity contribution is 5.81. The number of hydrogen-bond acceptors (Lipinski definition) is 3. The molecule has 0 aliphatic rings. The molecule has 0 heterocycles. The van der Waals surface area contributed by atoms with Crippen molar-refractivity contribution in [1.82, 2.24) is 0 Å². The molecule has 0 rings (SSSR count). The molecule has 112 valence electrons. The molecule has 2 atom stereocenters. The molecule has 0 bridgehead atoms. The van der Waals surface area contributed by atoms with E-state index in [2.05, 4.69) is 27.4 Å². The van der Waals surface area contributed by atoms with E-state index in [9.17, 15) is 4.79 Å². The fraction of sp³-hybridized carbons (Fsp3) is 0.812. The van der Waals surface area contributed by atoms with Gasteiger partial charge >= 0.3 is 5.97 Å². The van der Waals surface area contributed by atoms with Gasteiger partial charge in [0.2, 0.25) is 0 Å². The molecule has 0 saturated carbocycles. The van der Waals surface area contributed by atoms with Crippen molar-refractivity contribution in [2.24, 2.45) is 0 Å². The number of carbonyl (C=O) groups is 1. The van der Waals surface area contributed by atoms with Gasteiger partial charge in [-0.25, -0.2) is 4.79 Å². The van der Waals surface area contributed by atoms with Crippen LogP contribution in [0.1, 0.15) is 67.2 Å². The van der Waals surface area contributed by atoms with Gasteiger partial charge in [0.15, 0.2) is 0 Å². The Morgan fingerprint density at radius 3 is 2.00 bits per heavy atom. The van der Waals surface area contributed by atoms with Gasteiger partial charge in [-0.05, 0) is 40.0 Å². The molecular weight excluding hydrogens is 240 g/mol. The Bertz CT molecular complexity index is 294. The molecule has 0 aromatic carbocycles. The van der Waals surface area contributed by atoms with Gasteiger partial charge < -0.3 is 9.47 Å². The molecule has 0 aromatic heterocycles. The second-order valence-corrected chi connectivity index (χ2v) is 5.72.